The first-order valence-electron chi connectivity index (χ1n) is 12.8. The van der Waals surface area contributed by atoms with Crippen LogP contribution in [0.1, 0.15) is 18.9 Å². The number of fused-ring (bicyclic) bond motifs is 5. The number of rotatable bonds is 2. The Morgan fingerprint density at radius 1 is 0.977 bits per heavy atom. The summed E-state index contributed by atoms with van der Waals surface area (Å²) in [6.07, 6.45) is -5.07. The summed E-state index contributed by atoms with van der Waals surface area (Å²) in [5, 5.41) is 11.0. The average molecular weight is 674 g/mol. The number of H-pyrrole nitrogens is 1. The van der Waals surface area contributed by atoms with Gasteiger partial charge in [-0.15, -0.1) is 0 Å². The van der Waals surface area contributed by atoms with Crippen molar-refractivity contribution in [2.75, 3.05) is 23.8 Å². The SMILES string of the molecule is Nc1nc2c(ncn2[C@@H]2O[C@@H]3COP(=O)(O)O[C@H]4C[C@H](n5cnc6c(N)ncnc65)O[C@@H]4CSP(=O)(O)O[C@@H]2[C@@H]3O)c(=O)[nH]1. The highest BCUT2D eigenvalue weighted by atomic mass is 32.7. The number of hydrogen-bond donors (Lipinski definition) is 6. The number of aliphatic hydroxyl groups excluding tert-OH is 1. The van der Waals surface area contributed by atoms with Gasteiger partial charge in [-0.2, -0.15) is 4.98 Å². The van der Waals surface area contributed by atoms with Crippen LogP contribution in [0.4, 0.5) is 11.8 Å². The molecule has 0 spiro atoms. The molecule has 21 nitrogen and oxygen atoms in total. The molecule has 7 rings (SSSR count). The summed E-state index contributed by atoms with van der Waals surface area (Å²) in [6, 6.07) is 0. The van der Waals surface area contributed by atoms with Gasteiger partial charge in [0.2, 0.25) is 5.95 Å². The molecule has 0 saturated carbocycles. The Morgan fingerprint density at radius 2 is 1.75 bits per heavy atom. The van der Waals surface area contributed by atoms with Crippen LogP contribution >= 0.6 is 26.0 Å². The number of aromatic amines is 1. The summed E-state index contributed by atoms with van der Waals surface area (Å²) < 4.78 is 57.3. The fourth-order valence-corrected chi connectivity index (χ4v) is 8.93. The molecule has 0 radical (unpaired) electrons. The molecule has 9 atom stereocenters. The number of anilines is 2. The minimum atomic E-state index is -4.82. The Balaban J connectivity index is 1.19. The molecule has 236 valence electrons. The van der Waals surface area contributed by atoms with Gasteiger partial charge in [0.25, 0.3) is 5.56 Å². The topological polar surface area (TPSA) is 300 Å². The van der Waals surface area contributed by atoms with Crippen LogP contribution in [0.2, 0.25) is 0 Å². The number of nitrogen functional groups attached to an aromatic ring is 2. The summed E-state index contributed by atoms with van der Waals surface area (Å²) in [6.45, 7) is -5.29. The zero-order valence-electron chi connectivity index (χ0n) is 22.1. The van der Waals surface area contributed by atoms with E-state index in [1.807, 2.05) is 0 Å². The molecular formula is C20H24N10O11P2S. The van der Waals surface area contributed by atoms with Crippen LogP contribution in [0.3, 0.4) is 0 Å². The minimum absolute atomic E-state index is 0.00130. The summed E-state index contributed by atoms with van der Waals surface area (Å²) in [5.41, 5.74) is 11.4. The van der Waals surface area contributed by atoms with Gasteiger partial charge in [0.15, 0.2) is 28.9 Å². The maximum absolute atomic E-state index is 13.4. The van der Waals surface area contributed by atoms with Crippen molar-refractivity contribution in [1.29, 1.82) is 0 Å². The monoisotopic (exact) mass is 674 g/mol. The molecule has 0 aromatic carbocycles. The predicted molar refractivity (Wildman–Crippen MR) is 149 cm³/mol. The van der Waals surface area contributed by atoms with Gasteiger partial charge in [0.1, 0.15) is 42.5 Å². The van der Waals surface area contributed by atoms with Crippen LogP contribution in [0.15, 0.2) is 23.8 Å². The number of nitrogens with one attached hydrogen (secondary N) is 1. The lowest BCUT2D eigenvalue weighted by molar-refractivity contribution is -0.0524. The Morgan fingerprint density at radius 3 is 2.57 bits per heavy atom. The van der Waals surface area contributed by atoms with E-state index in [4.69, 9.17) is 34.5 Å². The van der Waals surface area contributed by atoms with Crippen LogP contribution < -0.4 is 17.0 Å². The third-order valence-corrected chi connectivity index (χ3v) is 11.3. The lowest BCUT2D eigenvalue weighted by atomic mass is 10.1. The summed E-state index contributed by atoms with van der Waals surface area (Å²) in [7, 11) is -4.82. The van der Waals surface area contributed by atoms with E-state index in [1.165, 1.54) is 21.8 Å². The zero-order valence-corrected chi connectivity index (χ0v) is 24.7. The van der Waals surface area contributed by atoms with Crippen LogP contribution in [0, 0.1) is 0 Å². The maximum Gasteiger partial charge on any atom is 0.472 e. The second-order valence-corrected chi connectivity index (χ2v) is 15.3. The van der Waals surface area contributed by atoms with Crippen molar-refractivity contribution in [2.24, 2.45) is 0 Å². The normalized spacial score (nSPS) is 36.6. The first kappa shape index (κ1) is 29.7. The molecule has 0 aliphatic carbocycles. The average Bonchev–Trinajstić information content (AvgIpc) is 3.72. The van der Waals surface area contributed by atoms with E-state index in [0.717, 1.165) is 6.33 Å². The molecule has 2 bridgehead atoms. The highest BCUT2D eigenvalue weighted by molar-refractivity contribution is 8.54. The first-order valence-corrected chi connectivity index (χ1v) is 17.5. The molecule has 3 fully saturated rings. The van der Waals surface area contributed by atoms with E-state index in [1.54, 1.807) is 0 Å². The second kappa shape index (κ2) is 10.8. The van der Waals surface area contributed by atoms with Crippen LogP contribution in [-0.2, 0) is 32.2 Å². The van der Waals surface area contributed by atoms with Crippen molar-refractivity contribution in [3.05, 3.63) is 29.3 Å². The van der Waals surface area contributed by atoms with E-state index in [-0.39, 0.29) is 35.1 Å². The number of nitrogens with two attached hydrogens (primary N) is 2. The Labute approximate surface area is 248 Å². The molecule has 2 unspecified atom stereocenters. The summed E-state index contributed by atoms with van der Waals surface area (Å²) in [4.78, 5) is 56.4. The third-order valence-electron chi connectivity index (χ3n) is 7.24. The van der Waals surface area contributed by atoms with Gasteiger partial charge in [-0.3, -0.25) is 32.5 Å². The zero-order chi connectivity index (χ0) is 31.0. The highest BCUT2D eigenvalue weighted by Crippen LogP contribution is 2.60. The molecule has 8 N–H and O–H groups in total. The summed E-state index contributed by atoms with van der Waals surface area (Å²) >= 11 is 0.448. The molecule has 0 amide bonds. The van der Waals surface area contributed by atoms with Crippen molar-refractivity contribution in [3.63, 3.8) is 0 Å². The molecule has 3 aliphatic heterocycles. The van der Waals surface area contributed by atoms with Gasteiger partial charge in [0.05, 0.1) is 25.4 Å². The van der Waals surface area contributed by atoms with Crippen LogP contribution in [0.5, 0.6) is 0 Å². The van der Waals surface area contributed by atoms with Gasteiger partial charge in [-0.25, -0.2) is 29.1 Å². The van der Waals surface area contributed by atoms with Gasteiger partial charge in [0, 0.05) is 12.2 Å². The van der Waals surface area contributed by atoms with E-state index >= 15 is 0 Å². The molecule has 4 aromatic heterocycles. The van der Waals surface area contributed by atoms with Gasteiger partial charge in [-0.05, 0) is 11.4 Å². The van der Waals surface area contributed by atoms with Crippen molar-refractivity contribution >= 4 is 60.1 Å². The minimum Gasteiger partial charge on any atom is -0.387 e. The molecule has 3 saturated heterocycles. The third kappa shape index (κ3) is 5.31. The number of phosphoric acid groups is 1. The van der Waals surface area contributed by atoms with Crippen molar-refractivity contribution in [3.8, 4) is 0 Å². The standard InChI is InChI=1S/C20H24N10O11P2S/c21-15-11-16(24-4-23-15)29(5-25-11)10-1-7-9(38-10)3-44-43(35,36)41-14-13(31)8(2-37-42(33,34)40-7)39-19(14)30-6-26-12-17(30)27-20(22)28-18(12)32/h4-10,13-14,19,31H,1-3H2,(H,33,34)(H,35,36)(H2,21,23,24)(H3,22,27,28,32)/t7-,8+,9+,10+,13+,14+,19+/m0/s1. The van der Waals surface area contributed by atoms with E-state index in [0.29, 0.717) is 22.5 Å². The van der Waals surface area contributed by atoms with Crippen molar-refractivity contribution < 1.29 is 47.1 Å². The number of aliphatic hydroxyl groups is 1. The smallest absolute Gasteiger partial charge is 0.387 e. The summed E-state index contributed by atoms with van der Waals surface area (Å²) in [5.74, 6) is -0.356. The number of phosphoric ester groups is 1. The van der Waals surface area contributed by atoms with Crippen molar-refractivity contribution in [1.82, 2.24) is 39.0 Å². The second-order valence-electron chi connectivity index (χ2n) is 10.0. The molecule has 3 aliphatic rings. The Kier molecular flexibility index (Phi) is 7.29. The molecule has 4 aromatic rings. The van der Waals surface area contributed by atoms with Gasteiger partial charge < -0.3 is 35.8 Å². The number of aromatic nitrogens is 8. The fraction of sp³-hybridized carbons (Fsp3) is 0.500. The largest absolute Gasteiger partial charge is 0.472 e. The number of nitrogens with zero attached hydrogens (tertiary/aromatic N) is 7. The Bertz CT molecular complexity index is 1900. The Hall–Kier alpha value is -3.01. The number of ether oxygens (including phenoxy) is 2. The molecule has 24 heteroatoms. The molecule has 44 heavy (non-hydrogen) atoms. The number of hydrogen-bond acceptors (Lipinski definition) is 17. The first-order chi connectivity index (χ1) is 20.9. The fourth-order valence-electron chi connectivity index (χ4n) is 5.26. The van der Waals surface area contributed by atoms with Crippen LogP contribution in [0.25, 0.3) is 22.3 Å². The molecule has 7 heterocycles. The van der Waals surface area contributed by atoms with E-state index < -0.39 is 69.8 Å². The van der Waals surface area contributed by atoms with Crippen molar-refractivity contribution in [2.45, 2.75) is 49.4 Å². The lowest BCUT2D eigenvalue weighted by Gasteiger charge is -2.25. The quantitative estimate of drug-likeness (QED) is 0.145. The molecular weight excluding hydrogens is 650 g/mol. The predicted octanol–water partition coefficient (Wildman–Crippen LogP) is -0.596. The number of imidazole rings is 2. The van der Waals surface area contributed by atoms with E-state index in [9.17, 15) is 28.8 Å². The van der Waals surface area contributed by atoms with Gasteiger partial charge >= 0.3 is 14.6 Å². The lowest BCUT2D eigenvalue weighted by Crippen LogP contribution is -2.35. The van der Waals surface area contributed by atoms with Crippen LogP contribution in [-0.4, -0.2) is 96.8 Å². The maximum atomic E-state index is 13.4. The highest BCUT2D eigenvalue weighted by Gasteiger charge is 2.51. The van der Waals surface area contributed by atoms with E-state index in [2.05, 4.69) is 29.9 Å². The van der Waals surface area contributed by atoms with Gasteiger partial charge in [-0.1, -0.05) is 0 Å².